The maximum atomic E-state index is 13.3. The molecular formula is C20H19F3N4O2S. The van der Waals surface area contributed by atoms with E-state index in [1.165, 1.54) is 27.2 Å². The Morgan fingerprint density at radius 1 is 1.23 bits per heavy atom. The van der Waals surface area contributed by atoms with E-state index in [9.17, 15) is 22.8 Å². The molecule has 1 aromatic heterocycles. The van der Waals surface area contributed by atoms with Crippen molar-refractivity contribution in [1.82, 2.24) is 9.80 Å². The van der Waals surface area contributed by atoms with Crippen LogP contribution in [0, 0.1) is 11.3 Å². The summed E-state index contributed by atoms with van der Waals surface area (Å²) >= 11 is 1.27. The molecule has 158 valence electrons. The highest BCUT2D eigenvalue weighted by Gasteiger charge is 2.38. The van der Waals surface area contributed by atoms with E-state index in [-0.39, 0.29) is 37.1 Å². The Morgan fingerprint density at radius 2 is 1.97 bits per heavy atom. The van der Waals surface area contributed by atoms with Crippen LogP contribution < -0.4 is 4.90 Å². The number of thiophene rings is 1. The quantitative estimate of drug-likeness (QED) is 0.742. The molecule has 2 aromatic rings. The van der Waals surface area contributed by atoms with Gasteiger partial charge in [0.05, 0.1) is 22.1 Å². The first-order valence-electron chi connectivity index (χ1n) is 9.05. The first-order chi connectivity index (χ1) is 14.1. The summed E-state index contributed by atoms with van der Waals surface area (Å²) in [6.07, 6.45) is -4.67. The third kappa shape index (κ3) is 4.26. The number of likely N-dealkylation sites (N-methyl/N-ethyl adjacent to an activating group) is 1. The van der Waals surface area contributed by atoms with Gasteiger partial charge in [-0.25, -0.2) is 0 Å². The number of amides is 2. The number of anilines is 1. The molecule has 30 heavy (non-hydrogen) atoms. The van der Waals surface area contributed by atoms with E-state index >= 15 is 0 Å². The number of halogens is 3. The molecule has 0 N–H and O–H groups in total. The monoisotopic (exact) mass is 436 g/mol. The number of alkyl halides is 3. The Kier molecular flexibility index (Phi) is 6.03. The standard InChI is InChI=1S/C20H19F3N4O2S/c1-25(2)18(28)16-12-26(7-8-27(16)19(29)17-4-3-9-30-17)14-6-5-13(11-24)15(10-14)20(21,22)23/h3-6,9-10,16H,7-8,12H2,1-2H3. The molecule has 3 rings (SSSR count). The Balaban J connectivity index is 1.92. The Morgan fingerprint density at radius 3 is 2.53 bits per heavy atom. The molecule has 0 aliphatic carbocycles. The summed E-state index contributed by atoms with van der Waals surface area (Å²) in [6.45, 7) is 0.497. The van der Waals surface area contributed by atoms with Gasteiger partial charge < -0.3 is 14.7 Å². The molecule has 0 saturated carbocycles. The Bertz CT molecular complexity index is 983. The van der Waals surface area contributed by atoms with Crippen molar-refractivity contribution in [3.63, 3.8) is 0 Å². The lowest BCUT2D eigenvalue weighted by molar-refractivity contribution is -0.138. The van der Waals surface area contributed by atoms with E-state index < -0.39 is 23.3 Å². The van der Waals surface area contributed by atoms with Crippen molar-refractivity contribution in [3.05, 3.63) is 51.7 Å². The van der Waals surface area contributed by atoms with Crippen molar-refractivity contribution in [3.8, 4) is 6.07 Å². The number of hydrogen-bond acceptors (Lipinski definition) is 5. The highest BCUT2D eigenvalue weighted by Crippen LogP contribution is 2.35. The zero-order valence-corrected chi connectivity index (χ0v) is 17.1. The van der Waals surface area contributed by atoms with Crippen molar-refractivity contribution in [1.29, 1.82) is 5.26 Å². The van der Waals surface area contributed by atoms with E-state index in [1.807, 2.05) is 0 Å². The van der Waals surface area contributed by atoms with Gasteiger partial charge >= 0.3 is 6.18 Å². The molecular weight excluding hydrogens is 417 g/mol. The van der Waals surface area contributed by atoms with Gasteiger partial charge in [0, 0.05) is 39.4 Å². The fourth-order valence-electron chi connectivity index (χ4n) is 3.37. The van der Waals surface area contributed by atoms with Crippen LogP contribution in [0.15, 0.2) is 35.7 Å². The van der Waals surface area contributed by atoms with Gasteiger partial charge in [-0.15, -0.1) is 11.3 Å². The molecule has 0 bridgehead atoms. The van der Waals surface area contributed by atoms with Crippen LogP contribution in [0.3, 0.4) is 0 Å². The number of benzene rings is 1. The molecule has 1 aromatic carbocycles. The second kappa shape index (κ2) is 8.36. The largest absolute Gasteiger partial charge is 0.417 e. The topological polar surface area (TPSA) is 67.7 Å². The van der Waals surface area contributed by atoms with Crippen LogP contribution in [-0.4, -0.2) is 61.4 Å². The lowest BCUT2D eigenvalue weighted by Crippen LogP contribution is -2.60. The van der Waals surface area contributed by atoms with Crippen LogP contribution in [0.1, 0.15) is 20.8 Å². The normalized spacial score (nSPS) is 16.9. The average molecular weight is 436 g/mol. The van der Waals surface area contributed by atoms with Gasteiger partial charge in [-0.05, 0) is 29.6 Å². The number of carbonyl (C=O) groups excluding carboxylic acids is 2. The molecule has 1 fully saturated rings. The summed E-state index contributed by atoms with van der Waals surface area (Å²) in [5.74, 6) is -0.588. The van der Waals surface area contributed by atoms with Crippen molar-refractivity contribution in [2.75, 3.05) is 38.6 Å². The molecule has 10 heteroatoms. The molecule has 6 nitrogen and oxygen atoms in total. The highest BCUT2D eigenvalue weighted by atomic mass is 32.1. The molecule has 0 radical (unpaired) electrons. The van der Waals surface area contributed by atoms with Gasteiger partial charge in [0.1, 0.15) is 6.04 Å². The number of carbonyl (C=O) groups is 2. The fraction of sp³-hybridized carbons (Fsp3) is 0.350. The summed E-state index contributed by atoms with van der Waals surface area (Å²) in [5.41, 5.74) is -1.23. The Labute approximate surface area is 175 Å². The third-order valence-corrected chi connectivity index (χ3v) is 5.75. The van der Waals surface area contributed by atoms with E-state index in [2.05, 4.69) is 0 Å². The second-order valence-electron chi connectivity index (χ2n) is 7.01. The number of rotatable bonds is 3. The summed E-state index contributed by atoms with van der Waals surface area (Å²) in [4.78, 5) is 30.6. The van der Waals surface area contributed by atoms with Gasteiger partial charge in [0.15, 0.2) is 0 Å². The lowest BCUT2D eigenvalue weighted by Gasteiger charge is -2.42. The van der Waals surface area contributed by atoms with Gasteiger partial charge in [-0.2, -0.15) is 18.4 Å². The number of nitrogens with zero attached hydrogens (tertiary/aromatic N) is 4. The summed E-state index contributed by atoms with van der Waals surface area (Å²) in [6, 6.07) is 7.62. The molecule has 1 atom stereocenters. The zero-order valence-electron chi connectivity index (χ0n) is 16.3. The van der Waals surface area contributed by atoms with Crippen LogP contribution in [0.25, 0.3) is 0 Å². The summed E-state index contributed by atoms with van der Waals surface area (Å²) in [7, 11) is 3.14. The van der Waals surface area contributed by atoms with Crippen LogP contribution in [-0.2, 0) is 11.0 Å². The molecule has 0 spiro atoms. The van der Waals surface area contributed by atoms with Gasteiger partial charge in [-0.3, -0.25) is 9.59 Å². The summed E-state index contributed by atoms with van der Waals surface area (Å²) in [5, 5.41) is 10.8. The second-order valence-corrected chi connectivity index (χ2v) is 7.96. The third-order valence-electron chi connectivity index (χ3n) is 4.89. The minimum Gasteiger partial charge on any atom is -0.367 e. The minimum absolute atomic E-state index is 0.0529. The molecule has 1 aliphatic rings. The molecule has 1 unspecified atom stereocenters. The molecule has 1 aliphatic heterocycles. The van der Waals surface area contributed by atoms with Gasteiger partial charge in [0.2, 0.25) is 5.91 Å². The first-order valence-corrected chi connectivity index (χ1v) is 9.93. The average Bonchev–Trinajstić information content (AvgIpc) is 3.26. The number of nitriles is 1. The number of piperazine rings is 1. The highest BCUT2D eigenvalue weighted by molar-refractivity contribution is 7.12. The van der Waals surface area contributed by atoms with Gasteiger partial charge in [0.25, 0.3) is 5.91 Å². The van der Waals surface area contributed by atoms with Crippen molar-refractivity contribution < 1.29 is 22.8 Å². The first kappa shape index (κ1) is 21.6. The molecule has 1 saturated heterocycles. The van der Waals surface area contributed by atoms with E-state index in [4.69, 9.17) is 5.26 Å². The minimum atomic E-state index is -4.67. The van der Waals surface area contributed by atoms with E-state index in [0.29, 0.717) is 4.88 Å². The maximum absolute atomic E-state index is 13.3. The fourth-order valence-corrected chi connectivity index (χ4v) is 4.05. The lowest BCUT2D eigenvalue weighted by atomic mass is 10.0. The summed E-state index contributed by atoms with van der Waals surface area (Å²) < 4.78 is 40.0. The maximum Gasteiger partial charge on any atom is 0.417 e. The molecule has 2 amide bonds. The Hall–Kier alpha value is -3.06. The predicted molar refractivity (Wildman–Crippen MR) is 106 cm³/mol. The van der Waals surface area contributed by atoms with Crippen LogP contribution in [0.4, 0.5) is 18.9 Å². The predicted octanol–water partition coefficient (Wildman–Crippen LogP) is 3.06. The van der Waals surface area contributed by atoms with Crippen molar-refractivity contribution in [2.24, 2.45) is 0 Å². The van der Waals surface area contributed by atoms with Crippen LogP contribution in [0.2, 0.25) is 0 Å². The van der Waals surface area contributed by atoms with Crippen molar-refractivity contribution in [2.45, 2.75) is 12.2 Å². The van der Waals surface area contributed by atoms with E-state index in [0.717, 1.165) is 12.1 Å². The van der Waals surface area contributed by atoms with Crippen LogP contribution in [0.5, 0.6) is 0 Å². The smallest absolute Gasteiger partial charge is 0.367 e. The molecule has 2 heterocycles. The zero-order chi connectivity index (χ0) is 22.1. The van der Waals surface area contributed by atoms with Crippen molar-refractivity contribution >= 4 is 28.8 Å². The van der Waals surface area contributed by atoms with Crippen LogP contribution >= 0.6 is 11.3 Å². The SMILES string of the molecule is CN(C)C(=O)C1CN(c2ccc(C#N)c(C(F)(F)F)c2)CCN1C(=O)c1cccs1. The number of hydrogen-bond donors (Lipinski definition) is 0. The van der Waals surface area contributed by atoms with Gasteiger partial charge in [-0.1, -0.05) is 6.07 Å². The van der Waals surface area contributed by atoms with E-state index in [1.54, 1.807) is 42.6 Å².